The van der Waals surface area contributed by atoms with Crippen LogP contribution >= 0.6 is 0 Å². The number of carbonyl (C=O) groups is 5. The fourth-order valence-corrected chi connectivity index (χ4v) is 7.46. The van der Waals surface area contributed by atoms with Crippen molar-refractivity contribution in [2.75, 3.05) is 44.6 Å². The third-order valence-electron chi connectivity index (χ3n) is 10.4. The maximum Gasteiger partial charge on any atom is 0.255 e. The average molecular weight is 703 g/mol. The minimum Gasteiger partial charge on any atom is -0.511 e. The fourth-order valence-electron chi connectivity index (χ4n) is 7.46. The number of benzene rings is 3. The van der Waals surface area contributed by atoms with E-state index in [9.17, 15) is 29.1 Å². The first-order valence-corrected chi connectivity index (χ1v) is 17.8. The number of hydrogen-bond donors (Lipinski definition) is 3. The van der Waals surface area contributed by atoms with Gasteiger partial charge in [-0.15, -0.1) is 0 Å². The molecule has 268 valence electrons. The number of fused-ring (bicyclic) bond motifs is 1. The number of allylic oxidation sites excluding steroid dienone is 2. The number of anilines is 1. The number of rotatable bonds is 10. The van der Waals surface area contributed by atoms with Crippen LogP contribution in [0.15, 0.2) is 89.1 Å². The number of hydrogen-bond acceptors (Lipinski definition) is 9. The van der Waals surface area contributed by atoms with Crippen LogP contribution in [0.2, 0.25) is 0 Å². The number of ketones is 1. The van der Waals surface area contributed by atoms with Gasteiger partial charge < -0.3 is 15.3 Å². The topological polar surface area (TPSA) is 152 Å². The highest BCUT2D eigenvalue weighted by Gasteiger charge is 2.40. The third kappa shape index (κ3) is 7.73. The van der Waals surface area contributed by atoms with Gasteiger partial charge >= 0.3 is 0 Å². The van der Waals surface area contributed by atoms with Crippen molar-refractivity contribution in [1.82, 2.24) is 20.0 Å². The standard InChI is InChI=1S/C40H42N6O6/c47-35-21-29(27-5-2-1-3-6-27)22-36(48)31(35)23-41-15-16-44-17-19-45(20-18-44)24-26-9-11-28(12-10-26)38(50)42-33-8-4-7-30-32(33)25-46(40(30)52)34-13-14-37(49)43-39(34)51/h1-12,23,29,34,47H,13-22,24-25H2,(H,42,50)(H,43,49,51). The van der Waals surface area contributed by atoms with Crippen molar-refractivity contribution >= 4 is 41.3 Å². The molecule has 3 aliphatic heterocycles. The maximum atomic E-state index is 13.2. The molecule has 0 aromatic heterocycles. The van der Waals surface area contributed by atoms with Gasteiger partial charge in [0, 0.05) is 93.7 Å². The summed E-state index contributed by atoms with van der Waals surface area (Å²) in [4.78, 5) is 73.8. The van der Waals surface area contributed by atoms with E-state index in [1.54, 1.807) is 36.5 Å². The highest BCUT2D eigenvalue weighted by Crippen LogP contribution is 2.34. The summed E-state index contributed by atoms with van der Waals surface area (Å²) in [5.41, 5.74) is 4.60. The van der Waals surface area contributed by atoms with E-state index in [2.05, 4.69) is 25.4 Å². The van der Waals surface area contributed by atoms with Crippen LogP contribution in [-0.4, -0.2) is 101 Å². The molecule has 2 atom stereocenters. The number of nitrogens with one attached hydrogen (secondary N) is 2. The number of nitrogens with zero attached hydrogens (tertiary/aromatic N) is 4. The van der Waals surface area contributed by atoms with E-state index in [0.717, 1.165) is 50.4 Å². The minimum absolute atomic E-state index is 0.00241. The van der Waals surface area contributed by atoms with Gasteiger partial charge in [-0.05, 0) is 47.7 Å². The summed E-state index contributed by atoms with van der Waals surface area (Å²) in [6.45, 7) is 5.84. The van der Waals surface area contributed by atoms with E-state index in [1.165, 1.54) is 4.90 Å². The zero-order valence-corrected chi connectivity index (χ0v) is 28.9. The number of imide groups is 1. The molecule has 0 spiro atoms. The summed E-state index contributed by atoms with van der Waals surface area (Å²) >= 11 is 0. The monoisotopic (exact) mass is 702 g/mol. The first kappa shape index (κ1) is 35.0. The highest BCUT2D eigenvalue weighted by molar-refractivity contribution is 6.14. The molecule has 0 saturated carbocycles. The summed E-state index contributed by atoms with van der Waals surface area (Å²) < 4.78 is 0. The molecule has 3 N–H and O–H groups in total. The summed E-state index contributed by atoms with van der Waals surface area (Å²) in [6.07, 6.45) is 2.82. The van der Waals surface area contributed by atoms with Gasteiger partial charge in [-0.1, -0.05) is 48.5 Å². The van der Waals surface area contributed by atoms with Crippen LogP contribution < -0.4 is 10.6 Å². The van der Waals surface area contributed by atoms with Crippen LogP contribution in [0.25, 0.3) is 0 Å². The number of aliphatic hydroxyl groups is 1. The lowest BCUT2D eigenvalue weighted by Gasteiger charge is -2.34. The third-order valence-corrected chi connectivity index (χ3v) is 10.4. The Morgan fingerprint density at radius 2 is 1.65 bits per heavy atom. The lowest BCUT2D eigenvalue weighted by atomic mass is 9.83. The first-order chi connectivity index (χ1) is 25.2. The molecule has 3 heterocycles. The molecule has 12 heteroatoms. The van der Waals surface area contributed by atoms with Gasteiger partial charge in [0.2, 0.25) is 11.8 Å². The molecule has 0 bridgehead atoms. The highest BCUT2D eigenvalue weighted by atomic mass is 16.3. The van der Waals surface area contributed by atoms with Gasteiger partial charge in [-0.2, -0.15) is 0 Å². The Morgan fingerprint density at radius 3 is 2.38 bits per heavy atom. The Morgan fingerprint density at radius 1 is 0.904 bits per heavy atom. The van der Waals surface area contributed by atoms with Gasteiger partial charge in [-0.3, -0.25) is 44.1 Å². The van der Waals surface area contributed by atoms with E-state index in [-0.39, 0.29) is 54.6 Å². The van der Waals surface area contributed by atoms with Crippen LogP contribution in [0.1, 0.15) is 69.0 Å². The zero-order valence-electron chi connectivity index (χ0n) is 28.9. The van der Waals surface area contributed by atoms with Crippen molar-refractivity contribution in [3.05, 3.63) is 112 Å². The smallest absolute Gasteiger partial charge is 0.255 e. The molecule has 4 aliphatic rings. The van der Waals surface area contributed by atoms with E-state index < -0.39 is 11.9 Å². The second kappa shape index (κ2) is 15.4. The number of Topliss-reactive ketones (excluding diaryl/α,β-unsaturated/α-hetero) is 1. The molecule has 2 fully saturated rings. The van der Waals surface area contributed by atoms with Gasteiger partial charge in [0.05, 0.1) is 12.1 Å². The van der Waals surface area contributed by atoms with E-state index in [1.807, 2.05) is 42.5 Å². The van der Waals surface area contributed by atoms with Gasteiger partial charge in [-0.25, -0.2) is 0 Å². The molecule has 2 saturated heterocycles. The number of carbonyl (C=O) groups excluding carboxylic acids is 5. The number of piperidine rings is 1. The number of amides is 4. The van der Waals surface area contributed by atoms with Crippen LogP contribution in [-0.2, 0) is 27.5 Å². The lowest BCUT2D eigenvalue weighted by molar-refractivity contribution is -0.137. The van der Waals surface area contributed by atoms with Gasteiger partial charge in [0.15, 0.2) is 5.78 Å². The normalized spacial score (nSPS) is 21.5. The molecule has 12 nitrogen and oxygen atoms in total. The molecule has 2 unspecified atom stereocenters. The van der Waals surface area contributed by atoms with Crippen molar-refractivity contribution in [2.24, 2.45) is 4.99 Å². The summed E-state index contributed by atoms with van der Waals surface area (Å²) in [5, 5.41) is 15.8. The van der Waals surface area contributed by atoms with Crippen LogP contribution in [0.3, 0.4) is 0 Å². The van der Waals surface area contributed by atoms with Crippen molar-refractivity contribution < 1.29 is 29.1 Å². The summed E-state index contributed by atoms with van der Waals surface area (Å²) in [6, 6.07) is 21.8. The van der Waals surface area contributed by atoms with Crippen LogP contribution in [0.4, 0.5) is 5.69 Å². The second-order valence-electron chi connectivity index (χ2n) is 13.8. The number of aliphatic hydroxyl groups excluding tert-OH is 1. The summed E-state index contributed by atoms with van der Waals surface area (Å²) in [5.74, 6) is -1.35. The SMILES string of the molecule is O=C1CCC(N2Cc3c(NC(=O)c4ccc(CN5CCN(CCN=CC6=C(O)CC(c7ccccc7)CC6=O)CC5)cc4)cccc3C2=O)C(=O)N1. The number of piperazine rings is 1. The molecule has 1 aliphatic carbocycles. The Balaban J connectivity index is 0.858. The van der Waals surface area contributed by atoms with Gasteiger partial charge in [0.25, 0.3) is 11.8 Å². The minimum atomic E-state index is -0.723. The quantitative estimate of drug-likeness (QED) is 0.213. The predicted octanol–water partition coefficient (Wildman–Crippen LogP) is 3.85. The second-order valence-corrected chi connectivity index (χ2v) is 13.8. The Kier molecular flexibility index (Phi) is 10.4. The van der Waals surface area contributed by atoms with E-state index in [0.29, 0.717) is 47.3 Å². The fraction of sp³-hybridized carbons (Fsp3) is 0.350. The maximum absolute atomic E-state index is 13.2. The molecular weight excluding hydrogens is 660 g/mol. The molecule has 3 aromatic rings. The Bertz CT molecular complexity index is 1930. The number of aliphatic imine (C=N–C) groups is 1. The summed E-state index contributed by atoms with van der Waals surface area (Å²) in [7, 11) is 0. The van der Waals surface area contributed by atoms with Crippen molar-refractivity contribution in [2.45, 2.75) is 50.7 Å². The molecule has 0 radical (unpaired) electrons. The molecule has 52 heavy (non-hydrogen) atoms. The van der Waals surface area contributed by atoms with Crippen molar-refractivity contribution in [1.29, 1.82) is 0 Å². The largest absolute Gasteiger partial charge is 0.511 e. The molecule has 3 aromatic carbocycles. The van der Waals surface area contributed by atoms with Crippen LogP contribution in [0, 0.1) is 0 Å². The zero-order chi connectivity index (χ0) is 36.2. The average Bonchev–Trinajstić information content (AvgIpc) is 3.48. The molecule has 4 amide bonds. The Hall–Kier alpha value is -5.46. The van der Waals surface area contributed by atoms with Crippen LogP contribution in [0.5, 0.6) is 0 Å². The van der Waals surface area contributed by atoms with Crippen molar-refractivity contribution in [3.63, 3.8) is 0 Å². The van der Waals surface area contributed by atoms with E-state index in [4.69, 9.17) is 0 Å². The first-order valence-electron chi connectivity index (χ1n) is 17.8. The predicted molar refractivity (Wildman–Crippen MR) is 195 cm³/mol. The molecule has 7 rings (SSSR count). The Labute approximate surface area is 302 Å². The van der Waals surface area contributed by atoms with Gasteiger partial charge in [0.1, 0.15) is 11.8 Å². The van der Waals surface area contributed by atoms with E-state index >= 15 is 0 Å². The lowest BCUT2D eigenvalue weighted by Crippen LogP contribution is -2.52. The molecular formula is C40H42N6O6. The van der Waals surface area contributed by atoms with Crippen molar-refractivity contribution in [3.8, 4) is 0 Å².